The van der Waals surface area contributed by atoms with Gasteiger partial charge in [-0.1, -0.05) is 32.6 Å². The Labute approximate surface area is 176 Å². The van der Waals surface area contributed by atoms with Gasteiger partial charge in [0.2, 0.25) is 0 Å². The molecule has 0 aromatic heterocycles. The van der Waals surface area contributed by atoms with Crippen molar-refractivity contribution in [1.82, 2.24) is 5.32 Å². The number of aliphatic hydroxyl groups excluding tert-OH is 1. The number of aromatic carboxylic acids is 3. The molecule has 1 aliphatic heterocycles. The third-order valence-electron chi connectivity index (χ3n) is 3.99. The molecule has 0 atom stereocenters. The summed E-state index contributed by atoms with van der Waals surface area (Å²) in [5.74, 6) is -2.96. The summed E-state index contributed by atoms with van der Waals surface area (Å²) in [5.41, 5.74) is -1.24. The van der Waals surface area contributed by atoms with Gasteiger partial charge in [-0.3, -0.25) is 4.99 Å². The minimum atomic E-state index is -1.48. The summed E-state index contributed by atoms with van der Waals surface area (Å²) >= 11 is 0. The number of carboxylic acid groups (broad SMARTS) is 3. The van der Waals surface area contributed by atoms with Gasteiger partial charge in [0.25, 0.3) is 0 Å². The fourth-order valence-electron chi connectivity index (χ4n) is 2.55. The van der Waals surface area contributed by atoms with Crippen LogP contribution in [0.5, 0.6) is 0 Å². The van der Waals surface area contributed by atoms with Crippen molar-refractivity contribution in [2.45, 2.75) is 52.4 Å². The molecule has 0 amide bonds. The number of aliphatic hydroxyl groups is 1. The monoisotopic (exact) mass is 424 g/mol. The molecule has 0 radical (unpaired) electrons. The van der Waals surface area contributed by atoms with Crippen LogP contribution in [0, 0.1) is 0 Å². The number of nitrogens with one attached hydrogen (secondary N) is 1. The molecule has 30 heavy (non-hydrogen) atoms. The highest BCUT2D eigenvalue weighted by Crippen LogP contribution is 2.12. The molecule has 5 N–H and O–H groups in total. The topological polar surface area (TPSA) is 157 Å². The van der Waals surface area contributed by atoms with E-state index in [4.69, 9.17) is 20.4 Å². The van der Waals surface area contributed by atoms with E-state index in [1.165, 1.54) is 44.4 Å². The van der Waals surface area contributed by atoms with E-state index in [0.29, 0.717) is 0 Å². The molecule has 1 aromatic carbocycles. The lowest BCUT2D eigenvalue weighted by Crippen LogP contribution is -2.17. The van der Waals surface area contributed by atoms with Gasteiger partial charge in [0.1, 0.15) is 0 Å². The molecule has 9 heteroatoms. The Balaban J connectivity index is 0.000000505. The van der Waals surface area contributed by atoms with Gasteiger partial charge in [0, 0.05) is 19.6 Å². The van der Waals surface area contributed by atoms with Crippen LogP contribution in [0.4, 0.5) is 0 Å². The zero-order valence-electron chi connectivity index (χ0n) is 17.6. The van der Waals surface area contributed by atoms with Crippen LogP contribution in [-0.4, -0.2) is 63.9 Å². The number of rotatable bonds is 9. The second-order valence-corrected chi connectivity index (χ2v) is 6.41. The Morgan fingerprint density at radius 2 is 1.53 bits per heavy atom. The number of aliphatic imine (C=N–C) groups is 1. The quantitative estimate of drug-likeness (QED) is 0.378. The average Bonchev–Trinajstić information content (AvgIpc) is 3.22. The van der Waals surface area contributed by atoms with E-state index in [0.717, 1.165) is 31.3 Å². The molecular formula is C21H32N2O7. The minimum absolute atomic E-state index is 0.250. The van der Waals surface area contributed by atoms with E-state index in [9.17, 15) is 14.4 Å². The van der Waals surface area contributed by atoms with Crippen molar-refractivity contribution in [3.63, 3.8) is 0 Å². The molecule has 1 aromatic rings. The summed E-state index contributed by atoms with van der Waals surface area (Å²) in [5, 5.41) is 36.7. The van der Waals surface area contributed by atoms with Crippen LogP contribution in [0.25, 0.3) is 0 Å². The minimum Gasteiger partial charge on any atom is -0.478 e. The summed E-state index contributed by atoms with van der Waals surface area (Å²) in [6, 6.07) is 2.81. The third-order valence-corrected chi connectivity index (χ3v) is 3.99. The Hall–Kier alpha value is -2.94. The van der Waals surface area contributed by atoms with Gasteiger partial charge in [0.15, 0.2) is 0 Å². The van der Waals surface area contributed by atoms with Crippen molar-refractivity contribution >= 4 is 23.7 Å². The number of carboxylic acids is 3. The largest absolute Gasteiger partial charge is 0.478 e. The average molecular weight is 424 g/mol. The molecule has 0 saturated carbocycles. The van der Waals surface area contributed by atoms with Crippen LogP contribution >= 0.6 is 0 Å². The molecule has 0 bridgehead atoms. The first-order valence-electron chi connectivity index (χ1n) is 10.00. The van der Waals surface area contributed by atoms with Gasteiger partial charge in [-0.15, -0.1) is 0 Å². The molecule has 168 valence electrons. The maximum absolute atomic E-state index is 10.6. The molecule has 0 fully saturated rings. The number of hydrogen-bond donors (Lipinski definition) is 5. The number of unbranched alkanes of at least 4 members (excludes halogenated alkanes) is 4. The maximum atomic E-state index is 10.6. The highest BCUT2D eigenvalue weighted by Gasteiger charge is 2.17. The molecule has 0 saturated heterocycles. The second kappa shape index (κ2) is 15.9. The predicted molar refractivity (Wildman–Crippen MR) is 114 cm³/mol. The summed E-state index contributed by atoms with van der Waals surface area (Å²) in [7, 11) is 0. The fraction of sp³-hybridized carbons (Fsp3) is 0.524. The highest BCUT2D eigenvalue weighted by molar-refractivity contribution is 6.03. The highest BCUT2D eigenvalue weighted by atomic mass is 16.4. The zero-order valence-corrected chi connectivity index (χ0v) is 17.6. The van der Waals surface area contributed by atoms with Crippen LogP contribution in [0.1, 0.15) is 83.4 Å². The van der Waals surface area contributed by atoms with Gasteiger partial charge >= 0.3 is 17.9 Å². The Bertz CT molecular complexity index is 717. The lowest BCUT2D eigenvalue weighted by molar-refractivity contribution is 0.0649. The lowest BCUT2D eigenvalue weighted by Gasteiger charge is -2.02. The third kappa shape index (κ3) is 11.2. The Morgan fingerprint density at radius 1 is 0.933 bits per heavy atom. The van der Waals surface area contributed by atoms with E-state index < -0.39 is 29.0 Å². The molecule has 0 spiro atoms. The van der Waals surface area contributed by atoms with Gasteiger partial charge in [0.05, 0.1) is 29.1 Å². The van der Waals surface area contributed by atoms with Crippen molar-refractivity contribution in [2.24, 2.45) is 4.99 Å². The lowest BCUT2D eigenvalue weighted by atomic mass is 10.0. The van der Waals surface area contributed by atoms with E-state index in [2.05, 4.69) is 17.2 Å². The van der Waals surface area contributed by atoms with E-state index in [-0.39, 0.29) is 12.2 Å². The van der Waals surface area contributed by atoms with Crippen molar-refractivity contribution in [2.75, 3.05) is 19.7 Å². The number of benzene rings is 1. The van der Waals surface area contributed by atoms with Crippen molar-refractivity contribution in [3.8, 4) is 0 Å². The maximum Gasteiger partial charge on any atom is 0.336 e. The molecule has 1 heterocycles. The molecule has 0 aliphatic carbocycles. The van der Waals surface area contributed by atoms with Crippen LogP contribution in [0.15, 0.2) is 23.2 Å². The van der Waals surface area contributed by atoms with Crippen molar-refractivity contribution in [3.05, 3.63) is 34.9 Å². The molecule has 1 aliphatic rings. The molecule has 2 rings (SSSR count). The number of carbonyl (C=O) groups is 3. The summed E-state index contributed by atoms with van der Waals surface area (Å²) in [4.78, 5) is 36.1. The second-order valence-electron chi connectivity index (χ2n) is 6.41. The normalized spacial score (nSPS) is 11.8. The first-order chi connectivity index (χ1) is 14.3. The van der Waals surface area contributed by atoms with Crippen LogP contribution in [0.3, 0.4) is 0 Å². The Morgan fingerprint density at radius 3 is 2.00 bits per heavy atom. The fourth-order valence-corrected chi connectivity index (χ4v) is 2.55. The van der Waals surface area contributed by atoms with Crippen LogP contribution in [-0.2, 0) is 0 Å². The van der Waals surface area contributed by atoms with Crippen LogP contribution in [0.2, 0.25) is 0 Å². The number of hydrogen-bond acceptors (Lipinski definition) is 6. The van der Waals surface area contributed by atoms with Crippen LogP contribution < -0.4 is 5.32 Å². The van der Waals surface area contributed by atoms with E-state index >= 15 is 0 Å². The number of amidine groups is 1. The number of nitrogens with zero attached hydrogens (tertiary/aromatic N) is 1. The van der Waals surface area contributed by atoms with E-state index in [1.807, 2.05) is 0 Å². The first kappa shape index (κ1) is 27.1. The van der Waals surface area contributed by atoms with Gasteiger partial charge < -0.3 is 25.7 Å². The van der Waals surface area contributed by atoms with Gasteiger partial charge in [-0.25, -0.2) is 14.4 Å². The summed E-state index contributed by atoms with van der Waals surface area (Å²) in [6.07, 6.45) is 7.97. The predicted octanol–water partition coefficient (Wildman–Crippen LogP) is 3.13. The Kier molecular flexibility index (Phi) is 14.4. The van der Waals surface area contributed by atoms with Gasteiger partial charge in [-0.2, -0.15) is 0 Å². The van der Waals surface area contributed by atoms with Crippen molar-refractivity contribution in [1.29, 1.82) is 0 Å². The van der Waals surface area contributed by atoms with Gasteiger partial charge in [-0.05, 0) is 31.5 Å². The smallest absolute Gasteiger partial charge is 0.336 e. The molecule has 9 nitrogen and oxygen atoms in total. The zero-order chi connectivity index (χ0) is 22.9. The van der Waals surface area contributed by atoms with Crippen molar-refractivity contribution < 1.29 is 34.8 Å². The summed E-state index contributed by atoms with van der Waals surface area (Å²) in [6.45, 7) is 6.23. The molecule has 0 unspecified atom stereocenters. The summed E-state index contributed by atoms with van der Waals surface area (Å²) < 4.78 is 0. The first-order valence-corrected chi connectivity index (χ1v) is 10.00. The van der Waals surface area contributed by atoms with E-state index in [1.54, 1.807) is 6.92 Å². The molecular weight excluding hydrogens is 392 g/mol. The SMILES string of the molecule is CCCCCCCC1=NCCN1.CCO.O=C(O)c1ccc(C(=O)O)c(C(=O)O)c1. The standard InChI is InChI=1S/C10H20N2.C9H6O6.C2H6O/c1-2-3-4-5-6-7-10-11-8-9-12-10;10-7(11)4-1-2-5(8(12)13)6(3-4)9(14)15;1-2-3/h2-9H2,1H3,(H,11,12);1-3H,(H,10,11)(H,12,13)(H,14,15);3H,2H2,1H3.